The Bertz CT molecular complexity index is 539. The molecule has 2 aromatic heterocycles. The molecule has 1 saturated heterocycles. The molecule has 1 saturated carbocycles. The highest BCUT2D eigenvalue weighted by Crippen LogP contribution is 2.35. The highest BCUT2D eigenvalue weighted by Gasteiger charge is 2.30. The lowest BCUT2D eigenvalue weighted by atomic mass is 9.85. The Hall–Kier alpha value is -1.69. The first-order chi connectivity index (χ1) is 9.38. The average molecular weight is 259 g/mol. The highest BCUT2D eigenvalue weighted by atomic mass is 16.5. The summed E-state index contributed by atoms with van der Waals surface area (Å²) >= 11 is 0. The lowest BCUT2D eigenvalue weighted by molar-refractivity contribution is 0.0872. The zero-order valence-corrected chi connectivity index (χ0v) is 10.8. The number of hydrogen-bond acceptors (Lipinski definition) is 5. The second-order valence-electron chi connectivity index (χ2n) is 5.51. The number of likely N-dealkylation sites (tertiary alicyclic amines) is 1. The van der Waals surface area contributed by atoms with Crippen molar-refractivity contribution < 1.29 is 4.52 Å². The van der Waals surface area contributed by atoms with E-state index in [1.54, 1.807) is 0 Å². The SMILES string of the molecule is c1cnn(C2CN(Cc3noc(C4CCC4)n3)C2)c1. The van der Waals surface area contributed by atoms with Gasteiger partial charge in [-0.2, -0.15) is 10.1 Å². The molecular formula is C13H17N5O. The van der Waals surface area contributed by atoms with E-state index in [0.717, 1.165) is 31.3 Å². The Balaban J connectivity index is 1.32. The monoisotopic (exact) mass is 259 g/mol. The molecule has 3 heterocycles. The van der Waals surface area contributed by atoms with Crippen LogP contribution in [0.25, 0.3) is 0 Å². The highest BCUT2D eigenvalue weighted by molar-refractivity contribution is 4.99. The molecule has 2 aliphatic rings. The average Bonchev–Trinajstić information content (AvgIpc) is 2.91. The third kappa shape index (κ3) is 2.06. The summed E-state index contributed by atoms with van der Waals surface area (Å²) in [4.78, 5) is 6.82. The zero-order valence-electron chi connectivity index (χ0n) is 10.8. The van der Waals surface area contributed by atoms with Gasteiger partial charge in [0.2, 0.25) is 5.89 Å². The van der Waals surface area contributed by atoms with Crippen molar-refractivity contribution in [2.75, 3.05) is 13.1 Å². The first-order valence-electron chi connectivity index (χ1n) is 6.92. The Morgan fingerprint density at radius 2 is 2.21 bits per heavy atom. The van der Waals surface area contributed by atoms with Crippen LogP contribution in [0.5, 0.6) is 0 Å². The number of aromatic nitrogens is 4. The molecule has 2 aromatic rings. The maximum Gasteiger partial charge on any atom is 0.229 e. The van der Waals surface area contributed by atoms with Gasteiger partial charge in [-0.05, 0) is 18.9 Å². The quantitative estimate of drug-likeness (QED) is 0.834. The third-order valence-corrected chi connectivity index (χ3v) is 4.14. The standard InChI is InChI=1S/C13H17N5O/c1-3-10(4-1)13-15-12(16-19-13)9-17-7-11(8-17)18-6-2-5-14-18/h2,5-6,10-11H,1,3-4,7-9H2. The predicted molar refractivity (Wildman–Crippen MR) is 67.4 cm³/mol. The minimum atomic E-state index is 0.494. The molecular weight excluding hydrogens is 242 g/mol. The van der Waals surface area contributed by atoms with Gasteiger partial charge in [0.05, 0.1) is 12.6 Å². The molecule has 100 valence electrons. The molecule has 0 atom stereocenters. The molecule has 2 fully saturated rings. The van der Waals surface area contributed by atoms with Crippen molar-refractivity contribution in [2.45, 2.75) is 37.8 Å². The number of nitrogens with zero attached hydrogens (tertiary/aromatic N) is 5. The minimum absolute atomic E-state index is 0.494. The summed E-state index contributed by atoms with van der Waals surface area (Å²) in [7, 11) is 0. The van der Waals surface area contributed by atoms with Crippen LogP contribution in [0.3, 0.4) is 0 Å². The van der Waals surface area contributed by atoms with Crippen LogP contribution in [-0.2, 0) is 6.54 Å². The molecule has 0 N–H and O–H groups in total. The summed E-state index contributed by atoms with van der Waals surface area (Å²) in [5.74, 6) is 2.18. The first kappa shape index (κ1) is 11.2. The van der Waals surface area contributed by atoms with Crippen LogP contribution in [0, 0.1) is 0 Å². The second-order valence-corrected chi connectivity index (χ2v) is 5.51. The molecule has 4 rings (SSSR count). The predicted octanol–water partition coefficient (Wildman–Crippen LogP) is 1.59. The van der Waals surface area contributed by atoms with Gasteiger partial charge in [-0.25, -0.2) is 0 Å². The van der Waals surface area contributed by atoms with Gasteiger partial charge in [0.25, 0.3) is 0 Å². The van der Waals surface area contributed by atoms with Crippen molar-refractivity contribution in [3.63, 3.8) is 0 Å². The summed E-state index contributed by atoms with van der Waals surface area (Å²) < 4.78 is 7.35. The van der Waals surface area contributed by atoms with Crippen LogP contribution in [0.15, 0.2) is 23.0 Å². The van der Waals surface area contributed by atoms with Crippen LogP contribution in [0.2, 0.25) is 0 Å². The minimum Gasteiger partial charge on any atom is -0.339 e. The van der Waals surface area contributed by atoms with Gasteiger partial charge < -0.3 is 4.52 Å². The van der Waals surface area contributed by atoms with Crippen molar-refractivity contribution in [2.24, 2.45) is 0 Å². The maximum absolute atomic E-state index is 5.33. The van der Waals surface area contributed by atoms with Gasteiger partial charge in [0, 0.05) is 31.4 Å². The lowest BCUT2D eigenvalue weighted by Gasteiger charge is -2.38. The van der Waals surface area contributed by atoms with Crippen LogP contribution in [-0.4, -0.2) is 37.9 Å². The molecule has 1 aliphatic carbocycles. The third-order valence-electron chi connectivity index (χ3n) is 4.14. The van der Waals surface area contributed by atoms with Crippen molar-refractivity contribution in [3.05, 3.63) is 30.2 Å². The van der Waals surface area contributed by atoms with E-state index in [1.165, 1.54) is 19.3 Å². The van der Waals surface area contributed by atoms with E-state index in [4.69, 9.17) is 4.52 Å². The largest absolute Gasteiger partial charge is 0.339 e. The lowest BCUT2D eigenvalue weighted by Crippen LogP contribution is -2.47. The van der Waals surface area contributed by atoms with Gasteiger partial charge in [0.15, 0.2) is 5.82 Å². The van der Waals surface area contributed by atoms with E-state index >= 15 is 0 Å². The summed E-state index contributed by atoms with van der Waals surface area (Å²) in [6, 6.07) is 2.46. The Morgan fingerprint density at radius 3 is 2.89 bits per heavy atom. The van der Waals surface area contributed by atoms with E-state index in [2.05, 4.69) is 20.1 Å². The van der Waals surface area contributed by atoms with E-state index in [0.29, 0.717) is 12.0 Å². The molecule has 0 radical (unpaired) electrons. The smallest absolute Gasteiger partial charge is 0.229 e. The fourth-order valence-corrected chi connectivity index (χ4v) is 2.69. The van der Waals surface area contributed by atoms with Gasteiger partial charge in [-0.1, -0.05) is 11.6 Å². The van der Waals surface area contributed by atoms with Gasteiger partial charge >= 0.3 is 0 Å². The molecule has 6 nitrogen and oxygen atoms in total. The summed E-state index contributed by atoms with van der Waals surface area (Å²) in [5.41, 5.74) is 0. The topological polar surface area (TPSA) is 60.0 Å². The normalized spacial score (nSPS) is 21.3. The molecule has 6 heteroatoms. The molecule has 0 bridgehead atoms. The summed E-state index contributed by atoms with van der Waals surface area (Å²) in [5, 5.41) is 8.34. The zero-order chi connectivity index (χ0) is 12.7. The molecule has 1 aliphatic heterocycles. The van der Waals surface area contributed by atoms with Crippen LogP contribution in [0.1, 0.15) is 42.9 Å². The first-order valence-corrected chi connectivity index (χ1v) is 6.92. The van der Waals surface area contributed by atoms with Crippen LogP contribution < -0.4 is 0 Å². The fraction of sp³-hybridized carbons (Fsp3) is 0.615. The fourth-order valence-electron chi connectivity index (χ4n) is 2.69. The van der Waals surface area contributed by atoms with E-state index in [-0.39, 0.29) is 0 Å². The molecule has 0 amide bonds. The molecule has 0 aromatic carbocycles. The van der Waals surface area contributed by atoms with E-state index in [1.807, 2.05) is 23.1 Å². The van der Waals surface area contributed by atoms with E-state index < -0.39 is 0 Å². The van der Waals surface area contributed by atoms with E-state index in [9.17, 15) is 0 Å². The maximum atomic E-state index is 5.33. The molecule has 0 unspecified atom stereocenters. The van der Waals surface area contributed by atoms with Crippen molar-refractivity contribution in [1.29, 1.82) is 0 Å². The van der Waals surface area contributed by atoms with Crippen molar-refractivity contribution in [3.8, 4) is 0 Å². The van der Waals surface area contributed by atoms with Crippen molar-refractivity contribution in [1.82, 2.24) is 24.8 Å². The van der Waals surface area contributed by atoms with Crippen LogP contribution in [0.4, 0.5) is 0 Å². The summed E-state index contributed by atoms with van der Waals surface area (Å²) in [6.45, 7) is 2.80. The number of rotatable bonds is 4. The molecule has 0 spiro atoms. The Labute approximate surface area is 111 Å². The van der Waals surface area contributed by atoms with Gasteiger partial charge in [-0.3, -0.25) is 9.58 Å². The van der Waals surface area contributed by atoms with Crippen molar-refractivity contribution >= 4 is 0 Å². The Kier molecular flexibility index (Phi) is 2.61. The van der Waals surface area contributed by atoms with Gasteiger partial charge in [-0.15, -0.1) is 0 Å². The Morgan fingerprint density at radius 1 is 1.32 bits per heavy atom. The number of hydrogen-bond donors (Lipinski definition) is 0. The van der Waals surface area contributed by atoms with Crippen LogP contribution >= 0.6 is 0 Å². The molecule has 19 heavy (non-hydrogen) atoms. The second kappa shape index (κ2) is 4.45. The summed E-state index contributed by atoms with van der Waals surface area (Å²) in [6.07, 6.45) is 7.54. The van der Waals surface area contributed by atoms with Gasteiger partial charge in [0.1, 0.15) is 0 Å².